The Labute approximate surface area is 182 Å². The number of halogens is 2. The van der Waals surface area contributed by atoms with Crippen LogP contribution in [0.2, 0.25) is 10.0 Å². The van der Waals surface area contributed by atoms with Crippen molar-refractivity contribution in [3.8, 4) is 0 Å². The monoisotopic (exact) mass is 445 g/mol. The molecule has 0 bridgehead atoms. The molecule has 4 rings (SSSR count). The van der Waals surface area contributed by atoms with Crippen LogP contribution in [0.5, 0.6) is 0 Å². The Hall–Kier alpha value is -2.18. The average molecular weight is 446 g/mol. The predicted octanol–water partition coefficient (Wildman–Crippen LogP) is 5.37. The Morgan fingerprint density at radius 1 is 1.14 bits per heavy atom. The van der Waals surface area contributed by atoms with Gasteiger partial charge in [-0.1, -0.05) is 41.4 Å². The molecule has 0 fully saturated rings. The van der Waals surface area contributed by atoms with Gasteiger partial charge in [-0.3, -0.25) is 9.59 Å². The molecule has 29 heavy (non-hydrogen) atoms. The Kier molecular flexibility index (Phi) is 5.25. The van der Waals surface area contributed by atoms with Gasteiger partial charge in [0.15, 0.2) is 11.4 Å². The van der Waals surface area contributed by atoms with E-state index >= 15 is 0 Å². The van der Waals surface area contributed by atoms with E-state index in [9.17, 15) is 14.7 Å². The van der Waals surface area contributed by atoms with Crippen LogP contribution in [0.3, 0.4) is 0 Å². The van der Waals surface area contributed by atoms with Crippen LogP contribution < -0.4 is 4.90 Å². The van der Waals surface area contributed by atoms with Gasteiger partial charge in [-0.25, -0.2) is 0 Å². The lowest BCUT2D eigenvalue weighted by atomic mass is 9.89. The number of amides is 1. The van der Waals surface area contributed by atoms with E-state index in [0.717, 1.165) is 10.4 Å². The highest BCUT2D eigenvalue weighted by molar-refractivity contribution is 7.14. The second-order valence-corrected chi connectivity index (χ2v) is 9.15. The molecule has 0 saturated heterocycles. The minimum atomic E-state index is -1.98. The van der Waals surface area contributed by atoms with Crippen LogP contribution in [-0.4, -0.2) is 16.8 Å². The number of carbonyl (C=O) groups is 2. The van der Waals surface area contributed by atoms with Gasteiger partial charge in [0.2, 0.25) is 0 Å². The van der Waals surface area contributed by atoms with Crippen molar-refractivity contribution in [1.29, 1.82) is 0 Å². The van der Waals surface area contributed by atoms with Gasteiger partial charge in [-0.2, -0.15) is 0 Å². The minimum absolute atomic E-state index is 0.182. The molecule has 148 valence electrons. The summed E-state index contributed by atoms with van der Waals surface area (Å²) in [6.07, 6.45) is -0.349. The Morgan fingerprint density at radius 2 is 1.90 bits per heavy atom. The van der Waals surface area contributed by atoms with Crippen molar-refractivity contribution in [2.24, 2.45) is 0 Å². The van der Waals surface area contributed by atoms with Crippen molar-refractivity contribution in [1.82, 2.24) is 0 Å². The van der Waals surface area contributed by atoms with E-state index < -0.39 is 11.5 Å². The van der Waals surface area contributed by atoms with Gasteiger partial charge >= 0.3 is 0 Å². The van der Waals surface area contributed by atoms with E-state index in [1.165, 1.54) is 16.2 Å². The molecule has 1 aromatic heterocycles. The second-order valence-electron chi connectivity index (χ2n) is 7.01. The molecule has 2 aromatic carbocycles. The Balaban J connectivity index is 1.73. The maximum Gasteiger partial charge on any atom is 0.264 e. The maximum atomic E-state index is 13.3. The van der Waals surface area contributed by atoms with Crippen LogP contribution in [0.4, 0.5) is 5.69 Å². The molecule has 7 heteroatoms. The lowest BCUT2D eigenvalue weighted by Gasteiger charge is -2.23. The van der Waals surface area contributed by atoms with Gasteiger partial charge in [0.1, 0.15) is 0 Å². The number of rotatable bonds is 5. The number of carbonyl (C=O) groups excluding carboxylic acids is 2. The fourth-order valence-corrected chi connectivity index (χ4v) is 4.72. The summed E-state index contributed by atoms with van der Waals surface area (Å²) in [6, 6.07) is 15.7. The van der Waals surface area contributed by atoms with Gasteiger partial charge < -0.3 is 10.0 Å². The van der Waals surface area contributed by atoms with E-state index in [1.807, 2.05) is 31.2 Å². The SMILES string of the molecule is Cc1ccc(C(=O)C[C@@]2(O)C(=O)N(Cc3ccccc3Cl)c3ccc(Cl)cc32)s1. The lowest BCUT2D eigenvalue weighted by molar-refractivity contribution is -0.136. The molecule has 0 radical (unpaired) electrons. The van der Waals surface area contributed by atoms with Gasteiger partial charge in [0.25, 0.3) is 5.91 Å². The maximum absolute atomic E-state index is 13.3. The van der Waals surface area contributed by atoms with Crippen molar-refractivity contribution in [2.75, 3.05) is 4.90 Å². The average Bonchev–Trinajstić information content (AvgIpc) is 3.20. The number of hydrogen-bond donors (Lipinski definition) is 1. The molecule has 3 aromatic rings. The fourth-order valence-electron chi connectivity index (χ4n) is 3.55. The first-order valence-electron chi connectivity index (χ1n) is 8.97. The molecule has 1 aliphatic rings. The molecule has 0 unspecified atom stereocenters. The molecule has 1 N–H and O–H groups in total. The summed E-state index contributed by atoms with van der Waals surface area (Å²) in [5.41, 5.74) is -0.371. The highest BCUT2D eigenvalue weighted by Gasteiger charge is 2.51. The standard InChI is InChI=1S/C22H17Cl2NO3S/c1-13-6-9-20(29-13)19(26)11-22(28)16-10-15(23)7-8-18(16)25(21(22)27)12-14-4-2-3-5-17(14)24/h2-10,28H,11-12H2,1H3/t22-/m0/s1. The first-order valence-corrected chi connectivity index (χ1v) is 10.5. The topological polar surface area (TPSA) is 57.6 Å². The number of thiophene rings is 1. The summed E-state index contributed by atoms with van der Waals surface area (Å²) in [5, 5.41) is 12.3. The van der Waals surface area contributed by atoms with Crippen molar-refractivity contribution >= 4 is 51.9 Å². The van der Waals surface area contributed by atoms with Crippen LogP contribution in [0.25, 0.3) is 0 Å². The predicted molar refractivity (Wildman–Crippen MR) is 116 cm³/mol. The minimum Gasteiger partial charge on any atom is -0.375 e. The molecular formula is C22H17Cl2NO3S. The Bertz CT molecular complexity index is 1130. The number of ketones is 1. The smallest absolute Gasteiger partial charge is 0.264 e. The van der Waals surface area contributed by atoms with E-state index in [-0.39, 0.29) is 18.7 Å². The van der Waals surface area contributed by atoms with Crippen molar-refractivity contribution in [3.63, 3.8) is 0 Å². The lowest BCUT2D eigenvalue weighted by Crippen LogP contribution is -2.41. The number of Topliss-reactive ketones (excluding diaryl/α,β-unsaturated/α-hetero) is 1. The highest BCUT2D eigenvalue weighted by Crippen LogP contribution is 2.45. The van der Waals surface area contributed by atoms with Gasteiger partial charge in [-0.15, -0.1) is 11.3 Å². The summed E-state index contributed by atoms with van der Waals surface area (Å²) in [5.74, 6) is -0.846. The summed E-state index contributed by atoms with van der Waals surface area (Å²) < 4.78 is 0. The molecule has 0 spiro atoms. The van der Waals surface area contributed by atoms with Gasteiger partial charge in [0.05, 0.1) is 23.5 Å². The second kappa shape index (κ2) is 7.58. The van der Waals surface area contributed by atoms with Crippen molar-refractivity contribution < 1.29 is 14.7 Å². The van der Waals surface area contributed by atoms with Crippen LogP contribution in [0.15, 0.2) is 54.6 Å². The Morgan fingerprint density at radius 3 is 2.59 bits per heavy atom. The van der Waals surface area contributed by atoms with E-state index in [0.29, 0.717) is 26.2 Å². The number of fused-ring (bicyclic) bond motifs is 1. The molecule has 0 saturated carbocycles. The van der Waals surface area contributed by atoms with Crippen molar-refractivity contribution in [2.45, 2.75) is 25.5 Å². The number of aliphatic hydroxyl groups is 1. The highest BCUT2D eigenvalue weighted by atomic mass is 35.5. The summed E-state index contributed by atoms with van der Waals surface area (Å²) >= 11 is 13.7. The zero-order valence-electron chi connectivity index (χ0n) is 15.5. The first-order chi connectivity index (χ1) is 13.8. The zero-order chi connectivity index (χ0) is 20.8. The summed E-state index contributed by atoms with van der Waals surface area (Å²) in [4.78, 5) is 29.1. The van der Waals surface area contributed by atoms with Crippen molar-refractivity contribution in [3.05, 3.63) is 85.5 Å². The number of anilines is 1. The third-order valence-electron chi connectivity index (χ3n) is 5.01. The molecule has 0 aliphatic carbocycles. The molecule has 1 atom stereocenters. The normalized spacial score (nSPS) is 18.2. The van der Waals surface area contributed by atoms with E-state index in [4.69, 9.17) is 23.2 Å². The molecule has 4 nitrogen and oxygen atoms in total. The largest absolute Gasteiger partial charge is 0.375 e. The first kappa shape index (κ1) is 20.1. The molecule has 1 aliphatic heterocycles. The van der Waals surface area contributed by atoms with Gasteiger partial charge in [-0.05, 0) is 48.9 Å². The summed E-state index contributed by atoms with van der Waals surface area (Å²) in [7, 11) is 0. The number of aryl methyl sites for hydroxylation is 1. The third kappa shape index (κ3) is 3.60. The molecule has 1 amide bonds. The quantitative estimate of drug-likeness (QED) is 0.536. The van der Waals surface area contributed by atoms with Crippen LogP contribution in [-0.2, 0) is 16.9 Å². The van der Waals surface area contributed by atoms with Crippen LogP contribution >= 0.6 is 34.5 Å². The summed E-state index contributed by atoms with van der Waals surface area (Å²) in [6.45, 7) is 2.08. The van der Waals surface area contributed by atoms with E-state index in [1.54, 1.807) is 30.3 Å². The van der Waals surface area contributed by atoms with Crippen LogP contribution in [0.1, 0.15) is 32.1 Å². The van der Waals surface area contributed by atoms with Crippen LogP contribution in [0, 0.1) is 6.92 Å². The third-order valence-corrected chi connectivity index (χ3v) is 6.66. The van der Waals surface area contributed by atoms with E-state index in [2.05, 4.69) is 0 Å². The number of hydrogen-bond acceptors (Lipinski definition) is 4. The number of benzene rings is 2. The fraction of sp³-hybridized carbons (Fsp3) is 0.182. The van der Waals surface area contributed by atoms with Gasteiger partial charge in [0, 0.05) is 20.5 Å². The zero-order valence-corrected chi connectivity index (χ0v) is 17.8. The molecular weight excluding hydrogens is 429 g/mol. The number of nitrogens with zero attached hydrogens (tertiary/aromatic N) is 1. The molecule has 2 heterocycles.